The summed E-state index contributed by atoms with van der Waals surface area (Å²) in [6.07, 6.45) is 10.8. The molecule has 0 bridgehead atoms. The molecule has 2 fully saturated rings. The molecule has 0 heterocycles. The van der Waals surface area contributed by atoms with Gasteiger partial charge in [0.1, 0.15) is 12.4 Å². The molecule has 3 aliphatic carbocycles. The molecule has 0 aliphatic heterocycles. The molecule has 37 heavy (non-hydrogen) atoms. The van der Waals surface area contributed by atoms with Gasteiger partial charge in [-0.2, -0.15) is 0 Å². The Morgan fingerprint density at radius 1 is 1.08 bits per heavy atom. The molecule has 5 nitrogen and oxygen atoms in total. The lowest BCUT2D eigenvalue weighted by atomic mass is 9.53. The van der Waals surface area contributed by atoms with Gasteiger partial charge >= 0.3 is 5.97 Å². The fourth-order valence-electron chi connectivity index (χ4n) is 8.54. The number of hydrogen-bond acceptors (Lipinski definition) is 5. The number of hydrogen-bond donors (Lipinski definition) is 2. The van der Waals surface area contributed by atoms with Crippen molar-refractivity contribution in [3.05, 3.63) is 23.3 Å². The highest BCUT2D eigenvalue weighted by Crippen LogP contribution is 2.65. The molecule has 3 rings (SSSR count). The van der Waals surface area contributed by atoms with Gasteiger partial charge in [-0.3, -0.25) is 4.79 Å². The Kier molecular flexibility index (Phi) is 9.22. The number of aliphatic hydroxyl groups excluding tert-OH is 2. The molecule has 0 aromatic carbocycles. The summed E-state index contributed by atoms with van der Waals surface area (Å²) in [5.41, 5.74) is 1.36. The third-order valence-corrected chi connectivity index (χ3v) is 10.9. The van der Waals surface area contributed by atoms with Crippen LogP contribution in [0, 0.1) is 39.9 Å². The van der Waals surface area contributed by atoms with Crippen molar-refractivity contribution in [2.45, 2.75) is 125 Å². The summed E-state index contributed by atoms with van der Waals surface area (Å²) in [6, 6.07) is 0. The van der Waals surface area contributed by atoms with E-state index >= 15 is 0 Å². The van der Waals surface area contributed by atoms with E-state index in [9.17, 15) is 19.8 Å². The largest absolute Gasteiger partial charge is 0.458 e. The van der Waals surface area contributed by atoms with Crippen molar-refractivity contribution in [3.8, 4) is 0 Å². The molecule has 0 aromatic rings. The first-order valence-electron chi connectivity index (χ1n) is 14.5. The molecule has 0 amide bonds. The summed E-state index contributed by atoms with van der Waals surface area (Å²) < 4.78 is 5.95. The Bertz CT molecular complexity index is 899. The van der Waals surface area contributed by atoms with Crippen LogP contribution in [0.3, 0.4) is 0 Å². The molecule has 2 N–H and O–H groups in total. The molecule has 0 saturated heterocycles. The number of allylic oxidation sites excluding steroid dienone is 1. The predicted octanol–water partition coefficient (Wildman–Crippen LogP) is 6.42. The average Bonchev–Trinajstić information content (AvgIpc) is 3.03. The smallest absolute Gasteiger partial charge is 0.303 e. The van der Waals surface area contributed by atoms with Crippen molar-refractivity contribution in [2.75, 3.05) is 0 Å². The molecule has 2 saturated carbocycles. The van der Waals surface area contributed by atoms with E-state index in [2.05, 4.69) is 40.7 Å². The standard InChI is InChI=1S/C32H52O5/c1-20(2)16-24(35)17-21(3)25-13-15-32(8)27(19-33)28(37-22(4)34)18-26-23(10-9-14-31(25,32)7)11-12-29(36)30(26,5)6/h16,18-19,21,23-25,27-29,35-36H,9-15,17H2,1-8H3/b26-18+/t21?,23-,24+,25?,27+,28+,29+,31-,32+/m1/s1. The van der Waals surface area contributed by atoms with E-state index in [1.54, 1.807) is 0 Å². The molecular formula is C32H52O5. The van der Waals surface area contributed by atoms with Gasteiger partial charge in [-0.15, -0.1) is 0 Å². The van der Waals surface area contributed by atoms with Gasteiger partial charge < -0.3 is 19.7 Å². The van der Waals surface area contributed by atoms with E-state index in [1.165, 1.54) is 6.92 Å². The Morgan fingerprint density at radius 2 is 1.76 bits per heavy atom. The Hall–Kier alpha value is -1.46. The van der Waals surface area contributed by atoms with E-state index < -0.39 is 29.6 Å². The van der Waals surface area contributed by atoms with Crippen LogP contribution in [0.1, 0.15) is 107 Å². The number of ether oxygens (including phenoxy) is 1. The average molecular weight is 517 g/mol. The molecule has 0 radical (unpaired) electrons. The van der Waals surface area contributed by atoms with Crippen LogP contribution >= 0.6 is 0 Å². The second-order valence-corrected chi connectivity index (χ2v) is 13.8. The zero-order valence-electron chi connectivity index (χ0n) is 24.5. The molecule has 9 atom stereocenters. The summed E-state index contributed by atoms with van der Waals surface area (Å²) in [7, 11) is 0. The summed E-state index contributed by atoms with van der Waals surface area (Å²) in [4.78, 5) is 25.3. The third kappa shape index (κ3) is 5.78. The Labute approximate surface area is 225 Å². The van der Waals surface area contributed by atoms with Crippen molar-refractivity contribution in [2.24, 2.45) is 39.9 Å². The number of aldehydes is 1. The first kappa shape index (κ1) is 30.1. The minimum Gasteiger partial charge on any atom is -0.458 e. The van der Waals surface area contributed by atoms with Gasteiger partial charge in [0.25, 0.3) is 0 Å². The number of esters is 1. The lowest BCUT2D eigenvalue weighted by Gasteiger charge is -2.52. The first-order chi connectivity index (χ1) is 17.2. The highest BCUT2D eigenvalue weighted by atomic mass is 16.5. The molecular weight excluding hydrogens is 464 g/mol. The van der Waals surface area contributed by atoms with E-state index in [0.717, 1.165) is 62.4 Å². The summed E-state index contributed by atoms with van der Waals surface area (Å²) in [5.74, 6) is 0.130. The van der Waals surface area contributed by atoms with Gasteiger partial charge in [0.05, 0.1) is 18.1 Å². The summed E-state index contributed by atoms with van der Waals surface area (Å²) in [6.45, 7) is 16.5. The normalized spacial score (nSPS) is 40.7. The van der Waals surface area contributed by atoms with Crippen molar-refractivity contribution >= 4 is 12.3 Å². The van der Waals surface area contributed by atoms with Crippen LogP contribution < -0.4 is 0 Å². The highest BCUT2D eigenvalue weighted by Gasteiger charge is 2.60. The van der Waals surface area contributed by atoms with Crippen LogP contribution in [0.25, 0.3) is 0 Å². The van der Waals surface area contributed by atoms with E-state index in [1.807, 2.05) is 19.9 Å². The maximum Gasteiger partial charge on any atom is 0.303 e. The molecule has 5 heteroatoms. The molecule has 0 aromatic heterocycles. The van der Waals surface area contributed by atoms with E-state index in [-0.39, 0.29) is 16.8 Å². The zero-order chi connectivity index (χ0) is 27.8. The molecule has 2 unspecified atom stereocenters. The molecule has 3 aliphatic rings. The quantitative estimate of drug-likeness (QED) is 0.242. The maximum atomic E-state index is 12.9. The fraction of sp³-hybridized carbons (Fsp3) is 0.812. The van der Waals surface area contributed by atoms with Crippen molar-refractivity contribution in [1.29, 1.82) is 0 Å². The van der Waals surface area contributed by atoms with Crippen LogP contribution in [0.15, 0.2) is 23.3 Å². The minimum absolute atomic E-state index is 0.129. The number of carbonyl (C=O) groups excluding carboxylic acids is 2. The number of rotatable bonds is 6. The van der Waals surface area contributed by atoms with Crippen LogP contribution in [-0.2, 0) is 14.3 Å². The number of aliphatic hydroxyl groups is 2. The zero-order valence-corrected chi connectivity index (χ0v) is 24.5. The fourth-order valence-corrected chi connectivity index (χ4v) is 8.54. The second kappa shape index (κ2) is 11.3. The SMILES string of the molecule is CC(=O)O[C@H]1/C=C2\[C@H](CCC[C@]3(C)C(C(C)C[C@@H](O)C=C(C)C)CC[C@@]3(C)[C@H]1C=O)CC[C@H](O)C2(C)C. The van der Waals surface area contributed by atoms with E-state index in [4.69, 9.17) is 4.74 Å². The van der Waals surface area contributed by atoms with Crippen LogP contribution in [0.4, 0.5) is 0 Å². The second-order valence-electron chi connectivity index (χ2n) is 13.8. The van der Waals surface area contributed by atoms with Gasteiger partial charge in [0.15, 0.2) is 0 Å². The molecule has 210 valence electrons. The topological polar surface area (TPSA) is 83.8 Å². The molecule has 0 spiro atoms. The van der Waals surface area contributed by atoms with Crippen molar-refractivity contribution in [3.63, 3.8) is 0 Å². The van der Waals surface area contributed by atoms with Crippen LogP contribution in [-0.4, -0.2) is 40.8 Å². The number of fused-ring (bicyclic) bond motifs is 2. The lowest BCUT2D eigenvalue weighted by molar-refractivity contribution is -0.153. The predicted molar refractivity (Wildman–Crippen MR) is 148 cm³/mol. The van der Waals surface area contributed by atoms with Gasteiger partial charge in [0, 0.05) is 12.3 Å². The Morgan fingerprint density at radius 3 is 2.35 bits per heavy atom. The van der Waals surface area contributed by atoms with Gasteiger partial charge in [-0.05, 0) is 93.5 Å². The van der Waals surface area contributed by atoms with Crippen LogP contribution in [0.5, 0.6) is 0 Å². The lowest BCUT2D eigenvalue weighted by Crippen LogP contribution is -2.50. The van der Waals surface area contributed by atoms with Crippen molar-refractivity contribution in [1.82, 2.24) is 0 Å². The van der Waals surface area contributed by atoms with Crippen molar-refractivity contribution < 1.29 is 24.5 Å². The minimum atomic E-state index is -0.648. The van der Waals surface area contributed by atoms with Crippen LogP contribution in [0.2, 0.25) is 0 Å². The van der Waals surface area contributed by atoms with Gasteiger partial charge in [-0.25, -0.2) is 0 Å². The Balaban J connectivity index is 2.08. The first-order valence-corrected chi connectivity index (χ1v) is 14.5. The maximum absolute atomic E-state index is 12.9. The monoisotopic (exact) mass is 516 g/mol. The number of carbonyl (C=O) groups is 2. The van der Waals surface area contributed by atoms with E-state index in [0.29, 0.717) is 24.2 Å². The van der Waals surface area contributed by atoms with Gasteiger partial charge in [0.2, 0.25) is 0 Å². The highest BCUT2D eigenvalue weighted by molar-refractivity contribution is 5.67. The summed E-state index contributed by atoms with van der Waals surface area (Å²) in [5, 5.41) is 21.6. The van der Waals surface area contributed by atoms with Gasteiger partial charge in [-0.1, -0.05) is 58.3 Å². The summed E-state index contributed by atoms with van der Waals surface area (Å²) >= 11 is 0. The third-order valence-electron chi connectivity index (χ3n) is 10.9.